The van der Waals surface area contributed by atoms with E-state index in [0.29, 0.717) is 5.56 Å². The van der Waals surface area contributed by atoms with Crippen molar-refractivity contribution in [2.45, 2.75) is 6.10 Å². The standard InChI is InChI=1S/C8H8FIO2/c9-5-1-2-7(10)6(3-5)8(12)4-11/h1-3,8,11-12H,4H2. The van der Waals surface area contributed by atoms with Gasteiger partial charge in [-0.2, -0.15) is 0 Å². The van der Waals surface area contributed by atoms with Gasteiger partial charge in [-0.25, -0.2) is 4.39 Å². The summed E-state index contributed by atoms with van der Waals surface area (Å²) in [7, 11) is 0. The molecule has 12 heavy (non-hydrogen) atoms. The summed E-state index contributed by atoms with van der Waals surface area (Å²) in [6.45, 7) is -0.389. The molecule has 2 N–H and O–H groups in total. The molecule has 1 rings (SSSR count). The van der Waals surface area contributed by atoms with E-state index in [1.807, 2.05) is 22.6 Å². The summed E-state index contributed by atoms with van der Waals surface area (Å²) in [5, 5.41) is 17.8. The smallest absolute Gasteiger partial charge is 0.123 e. The highest BCUT2D eigenvalue weighted by atomic mass is 127. The second-order valence-electron chi connectivity index (χ2n) is 2.36. The summed E-state index contributed by atoms with van der Waals surface area (Å²) < 4.78 is 13.4. The average molecular weight is 282 g/mol. The van der Waals surface area contributed by atoms with Crippen molar-refractivity contribution >= 4 is 22.6 Å². The number of rotatable bonds is 2. The molecule has 0 radical (unpaired) electrons. The Labute approximate surface area is 83.2 Å². The lowest BCUT2D eigenvalue weighted by Gasteiger charge is -2.09. The fraction of sp³-hybridized carbons (Fsp3) is 0.250. The molecule has 0 fully saturated rings. The zero-order valence-corrected chi connectivity index (χ0v) is 8.32. The lowest BCUT2D eigenvalue weighted by atomic mass is 10.1. The second-order valence-corrected chi connectivity index (χ2v) is 3.53. The van der Waals surface area contributed by atoms with Crippen LogP contribution in [0.4, 0.5) is 4.39 Å². The summed E-state index contributed by atoms with van der Waals surface area (Å²) >= 11 is 1.98. The molecule has 4 heteroatoms. The molecule has 66 valence electrons. The van der Waals surface area contributed by atoms with Gasteiger partial charge in [-0.05, 0) is 46.4 Å². The van der Waals surface area contributed by atoms with Gasteiger partial charge in [0.1, 0.15) is 11.9 Å². The van der Waals surface area contributed by atoms with Crippen molar-refractivity contribution in [1.82, 2.24) is 0 Å². The molecule has 1 atom stereocenters. The van der Waals surface area contributed by atoms with Gasteiger partial charge in [0.2, 0.25) is 0 Å². The Hall–Kier alpha value is -0.200. The molecule has 0 aliphatic carbocycles. The fourth-order valence-corrected chi connectivity index (χ4v) is 1.56. The van der Waals surface area contributed by atoms with Crippen LogP contribution in [0, 0.1) is 9.39 Å². The highest BCUT2D eigenvalue weighted by molar-refractivity contribution is 14.1. The van der Waals surface area contributed by atoms with Crippen LogP contribution in [0.1, 0.15) is 11.7 Å². The first-order valence-electron chi connectivity index (χ1n) is 3.39. The Morgan fingerprint density at radius 2 is 2.17 bits per heavy atom. The largest absolute Gasteiger partial charge is 0.393 e. The Balaban J connectivity index is 3.04. The third-order valence-corrected chi connectivity index (χ3v) is 2.47. The summed E-state index contributed by atoms with van der Waals surface area (Å²) in [4.78, 5) is 0. The van der Waals surface area contributed by atoms with Crippen molar-refractivity contribution < 1.29 is 14.6 Å². The monoisotopic (exact) mass is 282 g/mol. The number of benzene rings is 1. The predicted molar refractivity (Wildman–Crippen MR) is 51.2 cm³/mol. The zero-order valence-electron chi connectivity index (χ0n) is 6.17. The number of aliphatic hydroxyl groups is 2. The summed E-state index contributed by atoms with van der Waals surface area (Å²) in [5.41, 5.74) is 0.429. The lowest BCUT2D eigenvalue weighted by molar-refractivity contribution is 0.0947. The van der Waals surface area contributed by atoms with Crippen LogP contribution in [0.5, 0.6) is 0 Å². The molecule has 0 spiro atoms. The first-order valence-corrected chi connectivity index (χ1v) is 4.47. The lowest BCUT2D eigenvalue weighted by Crippen LogP contribution is -2.04. The molecule has 0 heterocycles. The minimum absolute atomic E-state index is 0.389. The van der Waals surface area contributed by atoms with Gasteiger partial charge >= 0.3 is 0 Å². The van der Waals surface area contributed by atoms with E-state index in [-0.39, 0.29) is 6.61 Å². The Morgan fingerprint density at radius 1 is 1.50 bits per heavy atom. The van der Waals surface area contributed by atoms with E-state index in [1.165, 1.54) is 12.1 Å². The van der Waals surface area contributed by atoms with Crippen molar-refractivity contribution in [2.75, 3.05) is 6.61 Å². The minimum Gasteiger partial charge on any atom is -0.393 e. The van der Waals surface area contributed by atoms with Gasteiger partial charge in [0.05, 0.1) is 6.61 Å². The Kier molecular flexibility index (Phi) is 3.42. The van der Waals surface area contributed by atoms with Gasteiger partial charge in [0.15, 0.2) is 0 Å². The summed E-state index contributed by atoms with van der Waals surface area (Å²) in [5.74, 6) is -0.405. The van der Waals surface area contributed by atoms with Crippen LogP contribution < -0.4 is 0 Å². The number of hydrogen-bond acceptors (Lipinski definition) is 2. The SMILES string of the molecule is OCC(O)c1cc(F)ccc1I. The maximum absolute atomic E-state index is 12.6. The van der Waals surface area contributed by atoms with E-state index in [1.54, 1.807) is 6.07 Å². The molecule has 0 saturated heterocycles. The molecular weight excluding hydrogens is 274 g/mol. The minimum atomic E-state index is -0.993. The third kappa shape index (κ3) is 2.15. The normalized spacial score (nSPS) is 13.0. The van der Waals surface area contributed by atoms with Crippen LogP contribution in [0.25, 0.3) is 0 Å². The van der Waals surface area contributed by atoms with Crippen LogP contribution >= 0.6 is 22.6 Å². The van der Waals surface area contributed by atoms with Crippen LogP contribution in [0.3, 0.4) is 0 Å². The van der Waals surface area contributed by atoms with Crippen molar-refractivity contribution in [3.05, 3.63) is 33.1 Å². The molecule has 1 aromatic rings. The molecule has 0 aliphatic rings. The van der Waals surface area contributed by atoms with Crippen molar-refractivity contribution in [1.29, 1.82) is 0 Å². The summed E-state index contributed by atoms with van der Waals surface area (Å²) in [6, 6.07) is 4.10. The van der Waals surface area contributed by atoms with Crippen molar-refractivity contribution in [2.24, 2.45) is 0 Å². The van der Waals surface area contributed by atoms with E-state index in [4.69, 9.17) is 5.11 Å². The topological polar surface area (TPSA) is 40.5 Å². The fourth-order valence-electron chi connectivity index (χ4n) is 0.868. The van der Waals surface area contributed by atoms with E-state index >= 15 is 0 Å². The Morgan fingerprint density at radius 3 is 2.75 bits per heavy atom. The van der Waals surface area contributed by atoms with Crippen LogP contribution in [0.2, 0.25) is 0 Å². The number of aliphatic hydroxyl groups excluding tert-OH is 2. The van der Waals surface area contributed by atoms with Gasteiger partial charge in [-0.1, -0.05) is 0 Å². The molecule has 1 unspecified atom stereocenters. The highest BCUT2D eigenvalue weighted by Crippen LogP contribution is 2.20. The van der Waals surface area contributed by atoms with Crippen molar-refractivity contribution in [3.63, 3.8) is 0 Å². The molecule has 0 amide bonds. The molecular formula is C8H8FIO2. The molecule has 0 saturated carbocycles. The molecule has 0 aliphatic heterocycles. The predicted octanol–water partition coefficient (Wildman–Crippen LogP) is 1.46. The Bertz CT molecular complexity index is 278. The van der Waals surface area contributed by atoms with Gasteiger partial charge in [-0.3, -0.25) is 0 Å². The van der Waals surface area contributed by atoms with Gasteiger partial charge < -0.3 is 10.2 Å². The van der Waals surface area contributed by atoms with Gasteiger partial charge in [-0.15, -0.1) is 0 Å². The maximum atomic E-state index is 12.6. The molecule has 2 nitrogen and oxygen atoms in total. The van der Waals surface area contributed by atoms with Crippen LogP contribution in [0.15, 0.2) is 18.2 Å². The van der Waals surface area contributed by atoms with Crippen LogP contribution in [-0.4, -0.2) is 16.8 Å². The van der Waals surface area contributed by atoms with E-state index in [0.717, 1.165) is 3.57 Å². The van der Waals surface area contributed by atoms with Crippen LogP contribution in [-0.2, 0) is 0 Å². The van der Waals surface area contributed by atoms with E-state index in [9.17, 15) is 9.50 Å². The number of hydrogen-bond donors (Lipinski definition) is 2. The quantitative estimate of drug-likeness (QED) is 0.806. The van der Waals surface area contributed by atoms with Gasteiger partial charge in [0, 0.05) is 3.57 Å². The van der Waals surface area contributed by atoms with Gasteiger partial charge in [0.25, 0.3) is 0 Å². The first kappa shape index (κ1) is 9.88. The van der Waals surface area contributed by atoms with Crippen molar-refractivity contribution in [3.8, 4) is 0 Å². The highest BCUT2D eigenvalue weighted by Gasteiger charge is 2.10. The second kappa shape index (κ2) is 4.15. The van der Waals surface area contributed by atoms with E-state index < -0.39 is 11.9 Å². The molecule has 1 aromatic carbocycles. The molecule has 0 bridgehead atoms. The number of halogens is 2. The maximum Gasteiger partial charge on any atom is 0.123 e. The zero-order chi connectivity index (χ0) is 9.14. The van der Waals surface area contributed by atoms with E-state index in [2.05, 4.69) is 0 Å². The molecule has 0 aromatic heterocycles. The first-order chi connectivity index (χ1) is 5.65. The third-order valence-electron chi connectivity index (χ3n) is 1.49. The average Bonchev–Trinajstić information content (AvgIpc) is 2.08. The summed E-state index contributed by atoms with van der Waals surface area (Å²) in [6.07, 6.45) is -0.993.